The van der Waals surface area contributed by atoms with Gasteiger partial charge in [0.15, 0.2) is 0 Å². The second-order valence-electron chi connectivity index (χ2n) is 4.96. The Hall–Kier alpha value is -0.990. The summed E-state index contributed by atoms with van der Waals surface area (Å²) in [5.74, 6) is 0.429. The van der Waals surface area contributed by atoms with Crippen molar-refractivity contribution >= 4 is 50.2 Å². The van der Waals surface area contributed by atoms with Gasteiger partial charge < -0.3 is 9.64 Å². The van der Waals surface area contributed by atoms with Crippen LogP contribution in [-0.2, 0) is 10.0 Å². The molecular weight excluding hydrogens is 379 g/mol. The minimum atomic E-state index is -3.68. The fourth-order valence-corrected chi connectivity index (χ4v) is 4.37. The standard InChI is InChI=1S/C14H16Cl2N2O3S2/c1-18(2)7-8-21-12-9-10(3-4-11(12)15)17-23(19,20)14-6-5-13(16)22-14/h3-6,9,17H,7-8H2,1-2H3. The van der Waals surface area contributed by atoms with Crippen LogP contribution in [0.1, 0.15) is 0 Å². The molecule has 0 aliphatic rings. The molecule has 9 heteroatoms. The smallest absolute Gasteiger partial charge is 0.271 e. The highest BCUT2D eigenvalue weighted by atomic mass is 35.5. The van der Waals surface area contributed by atoms with Crippen LogP contribution in [0.5, 0.6) is 5.75 Å². The number of nitrogens with one attached hydrogen (secondary N) is 1. The molecule has 0 aliphatic carbocycles. The number of anilines is 1. The van der Waals surface area contributed by atoms with Gasteiger partial charge in [-0.1, -0.05) is 23.2 Å². The Labute approximate surface area is 149 Å². The first-order valence-electron chi connectivity index (χ1n) is 6.63. The second-order valence-corrected chi connectivity index (χ2v) is 8.99. The van der Waals surface area contributed by atoms with Crippen LogP contribution >= 0.6 is 34.5 Å². The Bertz CT molecular complexity index is 776. The number of rotatable bonds is 7. The number of hydrogen-bond acceptors (Lipinski definition) is 5. The molecule has 0 bridgehead atoms. The SMILES string of the molecule is CN(C)CCOc1cc(NS(=O)(=O)c2ccc(Cl)s2)ccc1Cl. The average Bonchev–Trinajstić information content (AvgIpc) is 2.89. The van der Waals surface area contributed by atoms with E-state index in [0.29, 0.717) is 27.4 Å². The highest BCUT2D eigenvalue weighted by molar-refractivity contribution is 7.94. The molecule has 126 valence electrons. The summed E-state index contributed by atoms with van der Waals surface area (Å²) in [5, 5.41) is 0.422. The van der Waals surface area contributed by atoms with Gasteiger partial charge in [-0.2, -0.15) is 0 Å². The maximum atomic E-state index is 12.3. The average molecular weight is 395 g/mol. The number of thiophene rings is 1. The molecule has 0 atom stereocenters. The first-order chi connectivity index (χ1) is 10.8. The van der Waals surface area contributed by atoms with Gasteiger partial charge in [0.05, 0.1) is 15.0 Å². The Balaban J connectivity index is 2.14. The molecule has 2 aromatic rings. The van der Waals surface area contributed by atoms with Crippen molar-refractivity contribution in [1.29, 1.82) is 0 Å². The van der Waals surface area contributed by atoms with E-state index < -0.39 is 10.0 Å². The summed E-state index contributed by atoms with van der Waals surface area (Å²) < 4.78 is 33.2. The lowest BCUT2D eigenvalue weighted by Gasteiger charge is -2.13. The molecule has 1 aromatic carbocycles. The third-order valence-corrected chi connectivity index (χ3v) is 6.21. The molecule has 5 nitrogen and oxygen atoms in total. The summed E-state index contributed by atoms with van der Waals surface area (Å²) in [7, 11) is 0.186. The molecule has 0 saturated heterocycles. The van der Waals surface area contributed by atoms with E-state index in [1.165, 1.54) is 6.07 Å². The van der Waals surface area contributed by atoms with E-state index in [0.717, 1.165) is 17.9 Å². The number of benzene rings is 1. The molecular formula is C14H16Cl2N2O3S2. The van der Waals surface area contributed by atoms with E-state index in [1.807, 2.05) is 19.0 Å². The molecule has 0 spiro atoms. The number of ether oxygens (including phenoxy) is 1. The first kappa shape index (κ1) is 18.4. The van der Waals surface area contributed by atoms with E-state index >= 15 is 0 Å². The molecule has 0 fully saturated rings. The number of likely N-dealkylation sites (N-methyl/N-ethyl adjacent to an activating group) is 1. The van der Waals surface area contributed by atoms with E-state index in [1.54, 1.807) is 24.3 Å². The predicted octanol–water partition coefficient (Wildman–Crippen LogP) is 3.80. The molecule has 0 unspecified atom stereocenters. The molecule has 0 radical (unpaired) electrons. The first-order valence-corrected chi connectivity index (χ1v) is 9.69. The third-order valence-electron chi connectivity index (χ3n) is 2.79. The Morgan fingerprint density at radius 1 is 1.22 bits per heavy atom. The van der Waals surface area contributed by atoms with Gasteiger partial charge in [0.1, 0.15) is 16.6 Å². The van der Waals surface area contributed by atoms with Crippen molar-refractivity contribution in [2.45, 2.75) is 4.21 Å². The van der Waals surface area contributed by atoms with Crippen LogP contribution in [-0.4, -0.2) is 40.6 Å². The fourth-order valence-electron chi connectivity index (χ4n) is 1.66. The van der Waals surface area contributed by atoms with E-state index in [-0.39, 0.29) is 4.21 Å². The van der Waals surface area contributed by atoms with Crippen molar-refractivity contribution in [3.05, 3.63) is 39.7 Å². The number of sulfonamides is 1. The highest BCUT2D eigenvalue weighted by Gasteiger charge is 2.17. The minimum absolute atomic E-state index is 0.146. The largest absolute Gasteiger partial charge is 0.491 e. The lowest BCUT2D eigenvalue weighted by molar-refractivity contribution is 0.261. The van der Waals surface area contributed by atoms with Crippen LogP contribution < -0.4 is 9.46 Å². The van der Waals surface area contributed by atoms with Gasteiger partial charge in [0.25, 0.3) is 10.0 Å². The monoisotopic (exact) mass is 394 g/mol. The summed E-state index contributed by atoms with van der Waals surface area (Å²) in [4.78, 5) is 1.97. The van der Waals surface area contributed by atoms with Gasteiger partial charge in [-0.3, -0.25) is 4.72 Å². The maximum Gasteiger partial charge on any atom is 0.271 e. The number of halogens is 2. The topological polar surface area (TPSA) is 58.6 Å². The van der Waals surface area contributed by atoms with Crippen LogP contribution in [0.25, 0.3) is 0 Å². The van der Waals surface area contributed by atoms with Gasteiger partial charge in [0.2, 0.25) is 0 Å². The molecule has 23 heavy (non-hydrogen) atoms. The molecule has 1 aromatic heterocycles. The fraction of sp³-hybridized carbons (Fsp3) is 0.286. The molecule has 1 heterocycles. The van der Waals surface area contributed by atoms with Gasteiger partial charge in [-0.15, -0.1) is 11.3 Å². The second kappa shape index (κ2) is 7.72. The van der Waals surface area contributed by atoms with Gasteiger partial charge in [-0.25, -0.2) is 8.42 Å². The third kappa shape index (κ3) is 5.26. The van der Waals surface area contributed by atoms with E-state index in [2.05, 4.69) is 4.72 Å². The summed E-state index contributed by atoms with van der Waals surface area (Å²) in [6.07, 6.45) is 0. The Morgan fingerprint density at radius 3 is 2.57 bits per heavy atom. The zero-order valence-corrected chi connectivity index (χ0v) is 15.7. The van der Waals surface area contributed by atoms with Gasteiger partial charge in [-0.05, 0) is 38.4 Å². The quantitative estimate of drug-likeness (QED) is 0.775. The molecule has 2 rings (SSSR count). The van der Waals surface area contributed by atoms with Crippen molar-refractivity contribution in [2.75, 3.05) is 32.0 Å². The lowest BCUT2D eigenvalue weighted by Crippen LogP contribution is -2.19. The van der Waals surface area contributed by atoms with E-state index in [9.17, 15) is 8.42 Å². The van der Waals surface area contributed by atoms with Crippen LogP contribution in [0.4, 0.5) is 5.69 Å². The van der Waals surface area contributed by atoms with Crippen molar-refractivity contribution in [3.8, 4) is 5.75 Å². The van der Waals surface area contributed by atoms with Crippen LogP contribution in [0.3, 0.4) is 0 Å². The molecule has 1 N–H and O–H groups in total. The van der Waals surface area contributed by atoms with Gasteiger partial charge in [0, 0.05) is 12.6 Å². The summed E-state index contributed by atoms with van der Waals surface area (Å²) in [6, 6.07) is 7.72. The highest BCUT2D eigenvalue weighted by Crippen LogP contribution is 2.31. The van der Waals surface area contributed by atoms with Crippen molar-refractivity contribution < 1.29 is 13.2 Å². The van der Waals surface area contributed by atoms with Crippen LogP contribution in [0, 0.1) is 0 Å². The minimum Gasteiger partial charge on any atom is -0.491 e. The zero-order valence-electron chi connectivity index (χ0n) is 12.5. The normalized spacial score (nSPS) is 11.7. The number of nitrogens with zero attached hydrogens (tertiary/aromatic N) is 1. The zero-order chi connectivity index (χ0) is 17.0. The summed E-state index contributed by atoms with van der Waals surface area (Å²) in [6.45, 7) is 1.17. The maximum absolute atomic E-state index is 12.3. The van der Waals surface area contributed by atoms with E-state index in [4.69, 9.17) is 27.9 Å². The predicted molar refractivity (Wildman–Crippen MR) is 95.6 cm³/mol. The summed E-state index contributed by atoms with van der Waals surface area (Å²) >= 11 is 12.8. The van der Waals surface area contributed by atoms with Gasteiger partial charge >= 0.3 is 0 Å². The van der Waals surface area contributed by atoms with Crippen molar-refractivity contribution in [1.82, 2.24) is 4.90 Å². The Morgan fingerprint density at radius 2 is 1.96 bits per heavy atom. The van der Waals surface area contributed by atoms with Crippen molar-refractivity contribution in [3.63, 3.8) is 0 Å². The number of hydrogen-bond donors (Lipinski definition) is 1. The molecule has 0 aliphatic heterocycles. The Kier molecular flexibility index (Phi) is 6.16. The molecule has 0 saturated carbocycles. The van der Waals surface area contributed by atoms with Crippen LogP contribution in [0.2, 0.25) is 9.36 Å². The molecule has 0 amide bonds. The van der Waals surface area contributed by atoms with Crippen LogP contribution in [0.15, 0.2) is 34.5 Å². The summed E-state index contributed by atoms with van der Waals surface area (Å²) in [5.41, 5.74) is 0.374. The van der Waals surface area contributed by atoms with Crippen molar-refractivity contribution in [2.24, 2.45) is 0 Å². The lowest BCUT2D eigenvalue weighted by atomic mass is 10.3.